The van der Waals surface area contributed by atoms with Crippen LogP contribution in [0.25, 0.3) is 0 Å². The number of carboxylic acids is 1. The second kappa shape index (κ2) is 5.34. The average Bonchev–Trinajstić information content (AvgIpc) is 2.74. The molecule has 0 aromatic rings. The summed E-state index contributed by atoms with van der Waals surface area (Å²) in [6.07, 6.45) is -0.732. The first-order valence-corrected chi connectivity index (χ1v) is 6.50. The highest BCUT2D eigenvalue weighted by Crippen LogP contribution is 2.22. The number of aliphatic hydroxyl groups excluding tert-OH is 1. The topological polar surface area (TPSA) is 90.3 Å². The van der Waals surface area contributed by atoms with Crippen LogP contribution < -0.4 is 0 Å². The number of rotatable bonds is 1. The molecule has 2 heterocycles. The Morgan fingerprint density at radius 2 is 1.89 bits per heavy atom. The van der Waals surface area contributed by atoms with Crippen molar-refractivity contribution in [3.63, 3.8) is 0 Å². The summed E-state index contributed by atoms with van der Waals surface area (Å²) in [5, 5.41) is 18.7. The number of carbonyl (C=O) groups excluding carboxylic acids is 1. The Labute approximate surface area is 111 Å². The summed E-state index contributed by atoms with van der Waals surface area (Å²) in [5.74, 6) is -1.07. The summed E-state index contributed by atoms with van der Waals surface area (Å²) in [6.45, 7) is 4.71. The number of carboxylic acid groups (broad SMARTS) is 1. The third kappa shape index (κ3) is 2.82. The first kappa shape index (κ1) is 14.1. The monoisotopic (exact) mass is 272 g/mol. The fourth-order valence-electron chi connectivity index (χ4n) is 2.59. The van der Waals surface area contributed by atoms with Gasteiger partial charge < -0.3 is 24.7 Å². The number of ether oxygens (including phenoxy) is 1. The molecule has 2 fully saturated rings. The van der Waals surface area contributed by atoms with Gasteiger partial charge in [0, 0.05) is 19.5 Å². The third-order valence-electron chi connectivity index (χ3n) is 3.66. The standard InChI is InChI=1S/C12H20N2O5/c1-7-6-19-8(2)4-13(7)12(18)14-5-9(15)3-10(14)11(16)17/h7-10,15H,3-6H2,1-2H3,(H,16,17)/t7?,8?,9-,10-/m1/s1. The minimum absolute atomic E-state index is 0.0593. The van der Waals surface area contributed by atoms with E-state index in [-0.39, 0.29) is 31.1 Å². The lowest BCUT2D eigenvalue weighted by Gasteiger charge is -2.39. The van der Waals surface area contributed by atoms with Crippen molar-refractivity contribution in [1.29, 1.82) is 0 Å². The lowest BCUT2D eigenvalue weighted by atomic mass is 10.2. The van der Waals surface area contributed by atoms with Gasteiger partial charge in [0.1, 0.15) is 6.04 Å². The fourth-order valence-corrected chi connectivity index (χ4v) is 2.59. The van der Waals surface area contributed by atoms with Gasteiger partial charge in [-0.15, -0.1) is 0 Å². The van der Waals surface area contributed by atoms with Crippen molar-refractivity contribution in [2.75, 3.05) is 19.7 Å². The molecule has 4 atom stereocenters. The molecule has 2 aliphatic rings. The smallest absolute Gasteiger partial charge is 0.326 e. The maximum atomic E-state index is 12.4. The second-order valence-electron chi connectivity index (χ2n) is 5.32. The van der Waals surface area contributed by atoms with Gasteiger partial charge >= 0.3 is 12.0 Å². The van der Waals surface area contributed by atoms with E-state index in [2.05, 4.69) is 0 Å². The zero-order valence-electron chi connectivity index (χ0n) is 11.2. The van der Waals surface area contributed by atoms with Gasteiger partial charge in [0.2, 0.25) is 0 Å². The van der Waals surface area contributed by atoms with E-state index in [1.54, 1.807) is 4.90 Å². The Kier molecular flexibility index (Phi) is 3.96. The van der Waals surface area contributed by atoms with E-state index in [0.29, 0.717) is 13.2 Å². The highest BCUT2D eigenvalue weighted by atomic mass is 16.5. The quantitative estimate of drug-likeness (QED) is 0.686. The van der Waals surface area contributed by atoms with Gasteiger partial charge in [-0.05, 0) is 13.8 Å². The Balaban J connectivity index is 2.11. The van der Waals surface area contributed by atoms with Crippen molar-refractivity contribution in [3.05, 3.63) is 0 Å². The zero-order valence-corrected chi connectivity index (χ0v) is 11.2. The second-order valence-corrected chi connectivity index (χ2v) is 5.32. The number of aliphatic hydroxyl groups is 1. The lowest BCUT2D eigenvalue weighted by Crippen LogP contribution is -2.56. The van der Waals surface area contributed by atoms with Crippen LogP contribution in [-0.2, 0) is 9.53 Å². The molecule has 2 saturated heterocycles. The molecule has 0 saturated carbocycles. The molecule has 7 heteroatoms. The van der Waals surface area contributed by atoms with Crippen LogP contribution >= 0.6 is 0 Å². The van der Waals surface area contributed by atoms with E-state index in [1.807, 2.05) is 13.8 Å². The van der Waals surface area contributed by atoms with E-state index in [4.69, 9.17) is 9.84 Å². The number of nitrogens with zero attached hydrogens (tertiary/aromatic N) is 2. The van der Waals surface area contributed by atoms with Crippen molar-refractivity contribution in [1.82, 2.24) is 9.80 Å². The van der Waals surface area contributed by atoms with Crippen LogP contribution in [0, 0.1) is 0 Å². The molecule has 2 rings (SSSR count). The number of hydrogen-bond acceptors (Lipinski definition) is 4. The van der Waals surface area contributed by atoms with Crippen molar-refractivity contribution >= 4 is 12.0 Å². The summed E-state index contributed by atoms with van der Waals surface area (Å²) in [7, 11) is 0. The molecule has 2 aliphatic heterocycles. The van der Waals surface area contributed by atoms with Gasteiger partial charge in [-0.25, -0.2) is 9.59 Å². The van der Waals surface area contributed by atoms with Crippen LogP contribution in [0.4, 0.5) is 4.79 Å². The summed E-state index contributed by atoms with van der Waals surface area (Å²) in [5.41, 5.74) is 0. The predicted octanol–water partition coefficient (Wildman–Crippen LogP) is -0.265. The van der Waals surface area contributed by atoms with E-state index in [9.17, 15) is 14.7 Å². The molecular weight excluding hydrogens is 252 g/mol. The Hall–Kier alpha value is -1.34. The number of β-amino-alcohol motifs (C(OH)–C–C–N with tert-alkyl or cyclic N) is 1. The average molecular weight is 272 g/mol. The Morgan fingerprint density at radius 3 is 2.53 bits per heavy atom. The number of likely N-dealkylation sites (tertiary alicyclic amines) is 1. The molecule has 0 aromatic carbocycles. The van der Waals surface area contributed by atoms with Gasteiger partial charge in [0.05, 0.1) is 24.9 Å². The molecule has 0 bridgehead atoms. The van der Waals surface area contributed by atoms with E-state index >= 15 is 0 Å². The number of morpholine rings is 1. The van der Waals surface area contributed by atoms with Crippen LogP contribution in [0.2, 0.25) is 0 Å². The highest BCUT2D eigenvalue weighted by molar-refractivity contribution is 5.83. The van der Waals surface area contributed by atoms with Crippen molar-refractivity contribution in [3.8, 4) is 0 Å². The minimum atomic E-state index is -1.07. The van der Waals surface area contributed by atoms with E-state index in [0.717, 1.165) is 0 Å². The molecule has 2 unspecified atom stereocenters. The largest absolute Gasteiger partial charge is 0.480 e. The van der Waals surface area contributed by atoms with Gasteiger partial charge in [-0.1, -0.05) is 0 Å². The molecule has 0 spiro atoms. The maximum absolute atomic E-state index is 12.4. The van der Waals surface area contributed by atoms with Crippen LogP contribution in [-0.4, -0.2) is 76.0 Å². The molecule has 0 radical (unpaired) electrons. The normalized spacial score (nSPS) is 35.5. The molecular formula is C12H20N2O5. The van der Waals surface area contributed by atoms with Crippen LogP contribution in [0.1, 0.15) is 20.3 Å². The first-order chi connectivity index (χ1) is 8.90. The Morgan fingerprint density at radius 1 is 1.21 bits per heavy atom. The number of carbonyl (C=O) groups is 2. The van der Waals surface area contributed by atoms with E-state index in [1.165, 1.54) is 4.90 Å². The number of aliphatic carboxylic acids is 1. The molecule has 19 heavy (non-hydrogen) atoms. The summed E-state index contributed by atoms with van der Waals surface area (Å²) >= 11 is 0. The molecule has 7 nitrogen and oxygen atoms in total. The number of hydrogen-bond donors (Lipinski definition) is 2. The van der Waals surface area contributed by atoms with Gasteiger partial charge in [-0.3, -0.25) is 0 Å². The van der Waals surface area contributed by atoms with Crippen molar-refractivity contribution in [2.45, 2.75) is 44.6 Å². The van der Waals surface area contributed by atoms with Gasteiger partial charge in [0.15, 0.2) is 0 Å². The highest BCUT2D eigenvalue weighted by Gasteiger charge is 2.42. The van der Waals surface area contributed by atoms with Gasteiger partial charge in [-0.2, -0.15) is 0 Å². The SMILES string of the molecule is CC1CN(C(=O)N2C[C@H](O)C[C@@H]2C(=O)O)C(C)CO1. The number of urea groups is 1. The molecule has 2 amide bonds. The molecule has 0 aromatic heterocycles. The third-order valence-corrected chi connectivity index (χ3v) is 3.66. The summed E-state index contributed by atoms with van der Waals surface area (Å²) in [6, 6.07) is -1.35. The summed E-state index contributed by atoms with van der Waals surface area (Å²) in [4.78, 5) is 26.5. The minimum Gasteiger partial charge on any atom is -0.480 e. The molecule has 2 N–H and O–H groups in total. The molecule has 108 valence electrons. The van der Waals surface area contributed by atoms with Crippen LogP contribution in [0.15, 0.2) is 0 Å². The van der Waals surface area contributed by atoms with Gasteiger partial charge in [0.25, 0.3) is 0 Å². The zero-order chi connectivity index (χ0) is 14.2. The Bertz CT molecular complexity index is 375. The first-order valence-electron chi connectivity index (χ1n) is 6.50. The van der Waals surface area contributed by atoms with Crippen molar-refractivity contribution < 1.29 is 24.5 Å². The van der Waals surface area contributed by atoms with Crippen LogP contribution in [0.3, 0.4) is 0 Å². The molecule has 0 aliphatic carbocycles. The van der Waals surface area contributed by atoms with Crippen molar-refractivity contribution in [2.24, 2.45) is 0 Å². The lowest BCUT2D eigenvalue weighted by molar-refractivity contribution is -0.141. The number of amides is 2. The van der Waals surface area contributed by atoms with E-state index < -0.39 is 18.1 Å². The summed E-state index contributed by atoms with van der Waals surface area (Å²) < 4.78 is 5.45. The van der Waals surface area contributed by atoms with Crippen LogP contribution in [0.5, 0.6) is 0 Å². The predicted molar refractivity (Wildman–Crippen MR) is 65.7 cm³/mol. The fraction of sp³-hybridized carbons (Fsp3) is 0.833. The maximum Gasteiger partial charge on any atom is 0.326 e.